The molecule has 0 amide bonds. The van der Waals surface area contributed by atoms with Crippen LogP contribution in [0.15, 0.2) is 0 Å². The van der Waals surface area contributed by atoms with Crippen molar-refractivity contribution in [3.05, 3.63) is 0 Å². The number of hydrogen-bond donors (Lipinski definition) is 3. The van der Waals surface area contributed by atoms with Crippen molar-refractivity contribution in [3.63, 3.8) is 0 Å². The van der Waals surface area contributed by atoms with Gasteiger partial charge in [-0.05, 0) is 0 Å². The van der Waals surface area contributed by atoms with Gasteiger partial charge in [-0.3, -0.25) is 0 Å². The van der Waals surface area contributed by atoms with Crippen LogP contribution in [0.25, 0.3) is 0 Å². The number of nitrogens with one attached hydrogen (secondary N) is 2. The molecule has 0 spiro atoms. The van der Waals surface area contributed by atoms with Gasteiger partial charge in [0, 0.05) is 19.1 Å². The highest BCUT2D eigenvalue weighted by Crippen LogP contribution is 1.90. The highest BCUT2D eigenvalue weighted by atomic mass is 16.3. The quantitative estimate of drug-likeness (QED) is 0.390. The minimum absolute atomic E-state index is 0.128. The summed E-state index contributed by atoms with van der Waals surface area (Å²) in [6.45, 7) is 1.68. The second-order valence-electron chi connectivity index (χ2n) is 2.42. The molecule has 3 heteroatoms. The van der Waals surface area contributed by atoms with Crippen molar-refractivity contribution in [3.8, 4) is 12.3 Å². The van der Waals surface area contributed by atoms with Gasteiger partial charge in [-0.25, -0.2) is 0 Å². The van der Waals surface area contributed by atoms with Gasteiger partial charge in [0.2, 0.25) is 0 Å². The lowest BCUT2D eigenvalue weighted by atomic mass is 10.2. The lowest BCUT2D eigenvalue weighted by molar-refractivity contribution is 0.221. The molecule has 3 nitrogen and oxygen atoms in total. The van der Waals surface area contributed by atoms with E-state index in [4.69, 9.17) is 11.5 Å². The molecular formula is C7H12N2O. The first kappa shape index (κ1) is 7.55. The van der Waals surface area contributed by atoms with E-state index < -0.39 is 0 Å². The third-order valence-corrected chi connectivity index (χ3v) is 1.64. The number of hydrogen-bond acceptors (Lipinski definition) is 3. The summed E-state index contributed by atoms with van der Waals surface area (Å²) in [6.07, 6.45) is 5.18. The van der Waals surface area contributed by atoms with E-state index in [0.29, 0.717) is 0 Å². The van der Waals surface area contributed by atoms with Crippen LogP contribution in [0.5, 0.6) is 0 Å². The Morgan fingerprint density at radius 2 is 2.30 bits per heavy atom. The minimum Gasteiger partial charge on any atom is -0.395 e. The fourth-order valence-corrected chi connectivity index (χ4v) is 0.960. The summed E-state index contributed by atoms with van der Waals surface area (Å²) < 4.78 is 0. The van der Waals surface area contributed by atoms with E-state index in [1.165, 1.54) is 0 Å². The molecule has 1 aliphatic heterocycles. The fourth-order valence-electron chi connectivity index (χ4n) is 0.960. The fraction of sp³-hybridized carbons (Fsp3) is 0.714. The largest absolute Gasteiger partial charge is 0.395 e. The van der Waals surface area contributed by atoms with E-state index in [1.54, 1.807) is 0 Å². The van der Waals surface area contributed by atoms with Gasteiger partial charge in [0.05, 0.1) is 12.6 Å². The number of terminal acetylenes is 1. The van der Waals surface area contributed by atoms with E-state index in [9.17, 15) is 0 Å². The molecule has 1 heterocycles. The van der Waals surface area contributed by atoms with Gasteiger partial charge in [-0.2, -0.15) is 0 Å². The number of aliphatic hydroxyl groups is 1. The first-order chi connectivity index (χ1) is 4.86. The number of aliphatic hydroxyl groups excluding tert-OH is 1. The molecule has 1 aliphatic rings. The standard InChI is InChI=1S/C7H12N2O/c1-2-6-3-9-7(5-10)4-8-6/h1,6-10H,3-5H2/t6-,7+/m0/s1. The second-order valence-corrected chi connectivity index (χ2v) is 2.42. The highest BCUT2D eigenvalue weighted by Gasteiger charge is 2.16. The zero-order valence-corrected chi connectivity index (χ0v) is 5.80. The zero-order valence-electron chi connectivity index (χ0n) is 5.80. The molecule has 56 valence electrons. The van der Waals surface area contributed by atoms with Gasteiger partial charge in [0.15, 0.2) is 0 Å². The van der Waals surface area contributed by atoms with Crippen LogP contribution in [0.4, 0.5) is 0 Å². The predicted molar refractivity (Wildman–Crippen MR) is 39.5 cm³/mol. The van der Waals surface area contributed by atoms with Crippen molar-refractivity contribution in [2.45, 2.75) is 12.1 Å². The van der Waals surface area contributed by atoms with Gasteiger partial charge in [0.25, 0.3) is 0 Å². The van der Waals surface area contributed by atoms with Crippen LogP contribution in [0.1, 0.15) is 0 Å². The van der Waals surface area contributed by atoms with Gasteiger partial charge >= 0.3 is 0 Å². The molecule has 10 heavy (non-hydrogen) atoms. The Morgan fingerprint density at radius 3 is 2.70 bits per heavy atom. The predicted octanol–water partition coefficient (Wildman–Crippen LogP) is -1.46. The summed E-state index contributed by atoms with van der Waals surface area (Å²) in [7, 11) is 0. The van der Waals surface area contributed by atoms with Gasteiger partial charge in [-0.15, -0.1) is 6.42 Å². The first-order valence-corrected chi connectivity index (χ1v) is 3.40. The first-order valence-electron chi connectivity index (χ1n) is 3.40. The average molecular weight is 140 g/mol. The van der Waals surface area contributed by atoms with Crippen LogP contribution in [0, 0.1) is 12.3 Å². The maximum Gasteiger partial charge on any atom is 0.0813 e. The topological polar surface area (TPSA) is 44.3 Å². The Morgan fingerprint density at radius 1 is 1.50 bits per heavy atom. The van der Waals surface area contributed by atoms with Crippen LogP contribution in [0.3, 0.4) is 0 Å². The lowest BCUT2D eigenvalue weighted by Crippen LogP contribution is -2.55. The van der Waals surface area contributed by atoms with Crippen LogP contribution in [-0.4, -0.2) is 36.9 Å². The Kier molecular flexibility index (Phi) is 2.69. The van der Waals surface area contributed by atoms with E-state index in [1.807, 2.05) is 0 Å². The van der Waals surface area contributed by atoms with Crippen molar-refractivity contribution in [1.29, 1.82) is 0 Å². The maximum atomic E-state index is 8.70. The van der Waals surface area contributed by atoms with E-state index in [0.717, 1.165) is 13.1 Å². The zero-order chi connectivity index (χ0) is 7.40. The SMILES string of the molecule is C#C[C@H]1CN[C@@H](CO)CN1. The van der Waals surface area contributed by atoms with Crippen LogP contribution in [-0.2, 0) is 0 Å². The molecule has 3 N–H and O–H groups in total. The smallest absolute Gasteiger partial charge is 0.0813 e. The Bertz CT molecular complexity index is 133. The molecular weight excluding hydrogens is 128 g/mol. The monoisotopic (exact) mass is 140 g/mol. The summed E-state index contributed by atoms with van der Waals surface area (Å²) in [5, 5.41) is 14.9. The van der Waals surface area contributed by atoms with Gasteiger partial charge in [-0.1, -0.05) is 5.92 Å². The van der Waals surface area contributed by atoms with Crippen molar-refractivity contribution >= 4 is 0 Å². The molecule has 0 aromatic carbocycles. The van der Waals surface area contributed by atoms with Crippen molar-refractivity contribution < 1.29 is 5.11 Å². The summed E-state index contributed by atoms with van der Waals surface area (Å²) in [5.41, 5.74) is 0. The maximum absolute atomic E-state index is 8.70. The number of rotatable bonds is 1. The van der Waals surface area contributed by atoms with E-state index >= 15 is 0 Å². The van der Waals surface area contributed by atoms with Crippen molar-refractivity contribution in [1.82, 2.24) is 10.6 Å². The highest BCUT2D eigenvalue weighted by molar-refractivity contribution is 5.02. The molecule has 0 saturated carbocycles. The van der Waals surface area contributed by atoms with Gasteiger partial charge < -0.3 is 15.7 Å². The molecule has 1 saturated heterocycles. The van der Waals surface area contributed by atoms with Crippen molar-refractivity contribution in [2.24, 2.45) is 0 Å². The normalized spacial score (nSPS) is 33.2. The molecule has 1 rings (SSSR count). The van der Waals surface area contributed by atoms with Crippen LogP contribution >= 0.6 is 0 Å². The third kappa shape index (κ3) is 1.71. The van der Waals surface area contributed by atoms with E-state index in [-0.39, 0.29) is 18.7 Å². The Balaban J connectivity index is 2.25. The third-order valence-electron chi connectivity index (χ3n) is 1.64. The summed E-state index contributed by atoms with van der Waals surface area (Å²) in [4.78, 5) is 0. The molecule has 0 radical (unpaired) electrons. The molecule has 0 aromatic heterocycles. The molecule has 0 aromatic rings. The van der Waals surface area contributed by atoms with E-state index in [2.05, 4.69) is 16.6 Å². The molecule has 1 fully saturated rings. The van der Waals surface area contributed by atoms with Crippen LogP contribution in [0.2, 0.25) is 0 Å². The number of piperazine rings is 1. The van der Waals surface area contributed by atoms with Crippen molar-refractivity contribution in [2.75, 3.05) is 19.7 Å². The summed E-state index contributed by atoms with van der Waals surface area (Å²) in [5.74, 6) is 2.59. The molecule has 0 aliphatic carbocycles. The molecule has 2 atom stereocenters. The Hall–Kier alpha value is -0.560. The van der Waals surface area contributed by atoms with Gasteiger partial charge in [0.1, 0.15) is 0 Å². The molecule has 0 unspecified atom stereocenters. The van der Waals surface area contributed by atoms with Crippen LogP contribution < -0.4 is 10.6 Å². The lowest BCUT2D eigenvalue weighted by Gasteiger charge is -2.26. The Labute approximate surface area is 60.8 Å². The summed E-state index contributed by atoms with van der Waals surface area (Å²) >= 11 is 0. The second kappa shape index (κ2) is 3.57. The average Bonchev–Trinajstić information content (AvgIpc) is 2.05. The molecule has 0 bridgehead atoms. The minimum atomic E-state index is 0.128. The summed E-state index contributed by atoms with van der Waals surface area (Å²) in [6, 6.07) is 0.299.